The molecule has 4 aromatic rings. The SMILES string of the molecule is CC(C)C[SiH](CC(C)C)c1ccc(-c2ccccn2)nc1.CC(C)C[SiH](CC(C)C)c1ccc(-c2ccccn2)nc1.[Br][Fe][Br]. The molecule has 0 atom stereocenters. The van der Waals surface area contributed by atoms with Gasteiger partial charge in [-0.3, -0.25) is 19.9 Å². The number of rotatable bonds is 12. The second kappa shape index (κ2) is 22.1. The Morgan fingerprint density at radius 3 is 1.02 bits per heavy atom. The van der Waals surface area contributed by atoms with Crippen molar-refractivity contribution in [2.75, 3.05) is 0 Å². The molecule has 0 bridgehead atoms. The molecule has 0 fully saturated rings. The van der Waals surface area contributed by atoms with Gasteiger partial charge in [0.2, 0.25) is 0 Å². The van der Waals surface area contributed by atoms with Gasteiger partial charge in [-0.1, -0.05) is 104 Å². The minimum absolute atomic E-state index is 0.774. The molecule has 246 valence electrons. The molecule has 0 radical (unpaired) electrons. The quantitative estimate of drug-likeness (QED) is 0.134. The zero-order valence-corrected chi connectivity index (χ0v) is 34.9. The van der Waals surface area contributed by atoms with Gasteiger partial charge in [0.1, 0.15) is 0 Å². The van der Waals surface area contributed by atoms with Crippen LogP contribution in [0.2, 0.25) is 24.2 Å². The molecule has 0 aliphatic rings. The molecule has 4 nitrogen and oxygen atoms in total. The predicted molar refractivity (Wildman–Crippen MR) is 205 cm³/mol. The number of nitrogens with zero attached hydrogens (tertiary/aromatic N) is 4. The predicted octanol–water partition coefficient (Wildman–Crippen LogP) is 9.47. The van der Waals surface area contributed by atoms with Crippen molar-refractivity contribution in [3.8, 4) is 22.8 Å². The summed E-state index contributed by atoms with van der Waals surface area (Å²) in [6.07, 6.45) is 7.84. The van der Waals surface area contributed by atoms with E-state index >= 15 is 0 Å². The Kier molecular flexibility index (Phi) is 19.5. The average molecular weight is 813 g/mol. The molecule has 0 unspecified atom stereocenters. The van der Waals surface area contributed by atoms with E-state index in [2.05, 4.69) is 140 Å². The van der Waals surface area contributed by atoms with Crippen LogP contribution in [-0.4, -0.2) is 37.5 Å². The van der Waals surface area contributed by atoms with Gasteiger partial charge < -0.3 is 0 Å². The van der Waals surface area contributed by atoms with Crippen molar-refractivity contribution in [3.05, 3.63) is 85.5 Å². The molecule has 45 heavy (non-hydrogen) atoms. The third-order valence-corrected chi connectivity index (χ3v) is 16.0. The summed E-state index contributed by atoms with van der Waals surface area (Å²) in [5.41, 5.74) is 3.85. The standard InChI is InChI=1S/2C18H26N2Si.2BrH.Fe/c2*1-14(2)12-21(13-15(3)4)16-8-9-18(20-11-16)17-7-5-6-10-19-17;;;/h2*5-11,14-15,21H,12-13H2,1-4H3;2*1H;/q;;;;+2/p-2. The zero-order chi connectivity index (χ0) is 33.2. The van der Waals surface area contributed by atoms with Crippen LogP contribution in [0.5, 0.6) is 0 Å². The number of pyridine rings is 4. The second-order valence-electron chi connectivity index (χ2n) is 13.3. The summed E-state index contributed by atoms with van der Waals surface area (Å²) in [5.74, 6) is 3.10. The van der Waals surface area contributed by atoms with Crippen LogP contribution in [0.25, 0.3) is 22.8 Å². The van der Waals surface area contributed by atoms with Crippen molar-refractivity contribution in [1.82, 2.24) is 19.9 Å². The van der Waals surface area contributed by atoms with Crippen molar-refractivity contribution in [3.63, 3.8) is 0 Å². The van der Waals surface area contributed by atoms with Crippen LogP contribution >= 0.6 is 28.2 Å². The van der Waals surface area contributed by atoms with Crippen LogP contribution in [0.15, 0.2) is 85.5 Å². The van der Waals surface area contributed by atoms with Gasteiger partial charge >= 0.3 is 39.6 Å². The molecule has 4 aromatic heterocycles. The summed E-state index contributed by atoms with van der Waals surface area (Å²) in [6.45, 7) is 18.6. The zero-order valence-electron chi connectivity index (χ0n) is 28.3. The van der Waals surface area contributed by atoms with E-state index in [-0.39, 0.29) is 0 Å². The van der Waals surface area contributed by atoms with Crippen molar-refractivity contribution < 1.29 is 11.3 Å². The Morgan fingerprint density at radius 1 is 0.489 bits per heavy atom. The molecule has 0 aliphatic heterocycles. The van der Waals surface area contributed by atoms with Crippen molar-refractivity contribution in [2.24, 2.45) is 23.7 Å². The average Bonchev–Trinajstić information content (AvgIpc) is 3.01. The summed E-state index contributed by atoms with van der Waals surface area (Å²) in [6, 6.07) is 26.2. The third kappa shape index (κ3) is 15.8. The first-order valence-corrected chi connectivity index (χ1v) is 26.0. The summed E-state index contributed by atoms with van der Waals surface area (Å²) >= 11 is 7.00. The van der Waals surface area contributed by atoms with Crippen LogP contribution < -0.4 is 10.4 Å². The third-order valence-electron chi connectivity index (χ3n) is 7.39. The van der Waals surface area contributed by atoms with E-state index in [9.17, 15) is 0 Å². The molecule has 0 saturated carbocycles. The molecule has 4 rings (SSSR count). The van der Waals surface area contributed by atoms with Gasteiger partial charge in [-0.05, 0) is 70.4 Å². The number of hydrogen-bond donors (Lipinski definition) is 0. The summed E-state index contributed by atoms with van der Waals surface area (Å²) in [4.78, 5) is 18.1. The molecule has 4 heterocycles. The first-order chi connectivity index (χ1) is 21.5. The molecular weight excluding hydrogens is 760 g/mol. The molecule has 0 aromatic carbocycles. The van der Waals surface area contributed by atoms with Crippen LogP contribution in [0, 0.1) is 23.7 Å². The molecule has 0 amide bonds. The fourth-order valence-electron chi connectivity index (χ4n) is 5.64. The topological polar surface area (TPSA) is 51.6 Å². The Bertz CT molecular complexity index is 1190. The fourth-order valence-corrected chi connectivity index (χ4v) is 13.0. The van der Waals surface area contributed by atoms with E-state index in [1.165, 1.54) is 34.5 Å². The molecular formula is C36H52Br2FeN4Si2. The van der Waals surface area contributed by atoms with E-state index < -0.39 is 17.6 Å². The van der Waals surface area contributed by atoms with E-state index in [4.69, 9.17) is 0 Å². The van der Waals surface area contributed by atoms with E-state index in [0.29, 0.717) is 0 Å². The van der Waals surface area contributed by atoms with Gasteiger partial charge in [-0.2, -0.15) is 0 Å². The number of hydrogen-bond acceptors (Lipinski definition) is 4. The van der Waals surface area contributed by atoms with E-state index in [1.807, 2.05) is 48.8 Å². The Hall–Kier alpha value is -1.49. The van der Waals surface area contributed by atoms with Gasteiger partial charge in [0.15, 0.2) is 0 Å². The maximum absolute atomic E-state index is 4.66. The molecule has 0 aliphatic carbocycles. The van der Waals surface area contributed by atoms with Crippen LogP contribution in [-0.2, 0) is 11.3 Å². The first kappa shape index (κ1) is 39.7. The van der Waals surface area contributed by atoms with Gasteiger partial charge in [0.05, 0.1) is 40.4 Å². The summed E-state index contributed by atoms with van der Waals surface area (Å²) < 4.78 is 0. The molecule has 0 spiro atoms. The van der Waals surface area contributed by atoms with Crippen LogP contribution in [0.4, 0.5) is 0 Å². The Labute approximate surface area is 296 Å². The van der Waals surface area contributed by atoms with Gasteiger partial charge in [0, 0.05) is 24.8 Å². The number of aromatic nitrogens is 4. The summed E-state index contributed by atoms with van der Waals surface area (Å²) in [5, 5.41) is 2.99. The molecule has 0 N–H and O–H groups in total. The van der Waals surface area contributed by atoms with Crippen molar-refractivity contribution >= 4 is 56.2 Å². The van der Waals surface area contributed by atoms with E-state index in [0.717, 1.165) is 57.8 Å². The van der Waals surface area contributed by atoms with Crippen molar-refractivity contribution in [2.45, 2.75) is 79.6 Å². The van der Waals surface area contributed by atoms with Crippen LogP contribution in [0.3, 0.4) is 0 Å². The normalized spacial score (nSPS) is 11.3. The van der Waals surface area contributed by atoms with Crippen LogP contribution in [0.1, 0.15) is 55.4 Å². The molecule has 9 heteroatoms. The fraction of sp³-hybridized carbons (Fsp3) is 0.444. The maximum atomic E-state index is 4.66. The molecule has 0 saturated heterocycles. The minimum atomic E-state index is -0.905. The second-order valence-corrected chi connectivity index (χ2v) is 24.9. The Balaban J connectivity index is 0.000000288. The first-order valence-electron chi connectivity index (χ1n) is 16.1. The Morgan fingerprint density at radius 2 is 0.800 bits per heavy atom. The van der Waals surface area contributed by atoms with Gasteiger partial charge in [0.25, 0.3) is 0 Å². The van der Waals surface area contributed by atoms with Gasteiger partial charge in [-0.15, -0.1) is 0 Å². The van der Waals surface area contributed by atoms with Crippen molar-refractivity contribution in [1.29, 1.82) is 0 Å². The number of halogens is 2. The van der Waals surface area contributed by atoms with E-state index in [1.54, 1.807) is 0 Å². The van der Waals surface area contributed by atoms with Gasteiger partial charge in [-0.25, -0.2) is 0 Å². The summed E-state index contributed by atoms with van der Waals surface area (Å²) in [7, 11) is -1.81. The monoisotopic (exact) mass is 810 g/mol.